The number of nitrogens with zero attached hydrogens (tertiary/aromatic N) is 1. The van der Waals surface area contributed by atoms with E-state index in [4.69, 9.17) is 4.74 Å². The summed E-state index contributed by atoms with van der Waals surface area (Å²) in [4.78, 5) is 16.4. The number of aromatic nitrogens is 1. The minimum Gasteiger partial charge on any atom is -0.496 e. The summed E-state index contributed by atoms with van der Waals surface area (Å²) in [5, 5.41) is 4.37. The molecular weight excluding hydrogens is 346 g/mol. The molecule has 1 heterocycles. The molecule has 2 aromatic carbocycles. The zero-order valence-corrected chi connectivity index (χ0v) is 14.3. The number of carbonyl (C=O) groups excluding carboxylic acids is 1. The molecule has 1 aromatic heterocycles. The van der Waals surface area contributed by atoms with Crippen LogP contribution in [0.15, 0.2) is 41.8 Å². The molecule has 128 valence electrons. The van der Waals surface area contributed by atoms with Crippen LogP contribution in [-0.2, 0) is 0 Å². The van der Waals surface area contributed by atoms with Crippen LogP contribution in [0.5, 0.6) is 5.75 Å². The number of thiazole rings is 1. The normalized spacial score (nSPS) is 10.6. The summed E-state index contributed by atoms with van der Waals surface area (Å²) in [6.07, 6.45) is 0. The van der Waals surface area contributed by atoms with Crippen LogP contribution in [0.1, 0.15) is 15.9 Å². The molecule has 0 unspecified atom stereocenters. The van der Waals surface area contributed by atoms with Gasteiger partial charge in [0.25, 0.3) is 5.91 Å². The van der Waals surface area contributed by atoms with Gasteiger partial charge in [0.05, 0.1) is 18.4 Å². The third-order valence-electron chi connectivity index (χ3n) is 3.61. The number of amides is 1. The highest BCUT2D eigenvalue weighted by Crippen LogP contribution is 2.29. The number of benzene rings is 2. The van der Waals surface area contributed by atoms with E-state index in [1.807, 2.05) is 6.92 Å². The summed E-state index contributed by atoms with van der Waals surface area (Å²) >= 11 is 1.09. The van der Waals surface area contributed by atoms with Crippen molar-refractivity contribution in [2.45, 2.75) is 6.92 Å². The van der Waals surface area contributed by atoms with Crippen LogP contribution in [0.25, 0.3) is 11.3 Å². The van der Waals surface area contributed by atoms with Gasteiger partial charge >= 0.3 is 0 Å². The lowest BCUT2D eigenvalue weighted by atomic mass is 10.1. The van der Waals surface area contributed by atoms with Crippen LogP contribution in [0.2, 0.25) is 0 Å². The zero-order chi connectivity index (χ0) is 18.0. The molecule has 0 aliphatic carbocycles. The van der Waals surface area contributed by atoms with Gasteiger partial charge in [0.1, 0.15) is 17.4 Å². The van der Waals surface area contributed by atoms with E-state index in [0.717, 1.165) is 29.0 Å². The number of nitrogens with one attached hydrogen (secondary N) is 1. The molecule has 4 nitrogen and oxygen atoms in total. The van der Waals surface area contributed by atoms with Crippen LogP contribution in [0.4, 0.5) is 13.9 Å². The highest BCUT2D eigenvalue weighted by Gasteiger charge is 2.16. The molecule has 1 amide bonds. The molecule has 0 fully saturated rings. The fourth-order valence-electron chi connectivity index (χ4n) is 2.32. The second-order valence-electron chi connectivity index (χ2n) is 5.27. The number of hydrogen-bond donors (Lipinski definition) is 1. The van der Waals surface area contributed by atoms with Gasteiger partial charge in [0.15, 0.2) is 5.13 Å². The van der Waals surface area contributed by atoms with Crippen molar-refractivity contribution in [2.75, 3.05) is 12.4 Å². The number of rotatable bonds is 4. The molecule has 0 saturated heterocycles. The Morgan fingerprint density at radius 3 is 2.60 bits per heavy atom. The second-order valence-corrected chi connectivity index (χ2v) is 6.13. The van der Waals surface area contributed by atoms with Crippen LogP contribution in [-0.4, -0.2) is 18.0 Å². The highest BCUT2D eigenvalue weighted by molar-refractivity contribution is 7.14. The van der Waals surface area contributed by atoms with Crippen molar-refractivity contribution in [3.8, 4) is 17.0 Å². The first kappa shape index (κ1) is 17.0. The van der Waals surface area contributed by atoms with Crippen molar-refractivity contribution < 1.29 is 18.3 Å². The maximum Gasteiger partial charge on any atom is 0.257 e. The molecule has 3 aromatic rings. The number of ether oxygens (including phenoxy) is 1. The van der Waals surface area contributed by atoms with E-state index in [9.17, 15) is 13.6 Å². The predicted molar refractivity (Wildman–Crippen MR) is 93.2 cm³/mol. The van der Waals surface area contributed by atoms with Crippen molar-refractivity contribution in [1.82, 2.24) is 4.98 Å². The molecule has 0 spiro atoms. The smallest absolute Gasteiger partial charge is 0.257 e. The lowest BCUT2D eigenvalue weighted by molar-refractivity contribution is 0.102. The first-order valence-electron chi connectivity index (χ1n) is 7.35. The Labute approximate surface area is 147 Å². The molecule has 1 N–H and O–H groups in total. The van der Waals surface area contributed by atoms with Gasteiger partial charge in [0.2, 0.25) is 0 Å². The standard InChI is InChI=1S/C18H14F2N2O2S/c1-10-6-7-11(8-15(10)24-2)17(23)22-18-21-14(9-25-18)16-12(19)4-3-5-13(16)20/h3-9H,1-2H3,(H,21,22,23). The van der Waals surface area contributed by atoms with E-state index in [2.05, 4.69) is 10.3 Å². The van der Waals surface area contributed by atoms with Crippen LogP contribution < -0.4 is 10.1 Å². The summed E-state index contributed by atoms with van der Waals surface area (Å²) in [6.45, 7) is 1.87. The molecule has 3 rings (SSSR count). The summed E-state index contributed by atoms with van der Waals surface area (Å²) < 4.78 is 32.8. The molecule has 0 aliphatic heterocycles. The Bertz CT molecular complexity index is 920. The Morgan fingerprint density at radius 1 is 1.20 bits per heavy atom. The molecule has 0 atom stereocenters. The summed E-state index contributed by atoms with van der Waals surface area (Å²) in [7, 11) is 1.53. The van der Waals surface area contributed by atoms with Gasteiger partial charge in [-0.05, 0) is 36.8 Å². The predicted octanol–water partition coefficient (Wildman–Crippen LogP) is 4.66. The molecule has 7 heteroatoms. The Morgan fingerprint density at radius 2 is 1.92 bits per heavy atom. The van der Waals surface area contributed by atoms with Gasteiger partial charge in [-0.1, -0.05) is 12.1 Å². The number of aryl methyl sites for hydroxylation is 1. The molecule has 0 saturated carbocycles. The number of anilines is 1. The van der Waals surface area contributed by atoms with Crippen molar-refractivity contribution in [2.24, 2.45) is 0 Å². The van der Waals surface area contributed by atoms with Gasteiger partial charge in [-0.25, -0.2) is 13.8 Å². The molecule has 0 aliphatic rings. The van der Waals surface area contributed by atoms with Crippen LogP contribution in [0, 0.1) is 18.6 Å². The summed E-state index contributed by atoms with van der Waals surface area (Å²) in [6, 6.07) is 8.67. The SMILES string of the molecule is COc1cc(C(=O)Nc2nc(-c3c(F)cccc3F)cs2)ccc1C. The Balaban J connectivity index is 1.83. The van der Waals surface area contributed by atoms with Crippen molar-refractivity contribution in [3.63, 3.8) is 0 Å². The van der Waals surface area contributed by atoms with Gasteiger partial charge in [-0.2, -0.15) is 0 Å². The van der Waals surface area contributed by atoms with Gasteiger partial charge in [0, 0.05) is 10.9 Å². The minimum atomic E-state index is -0.702. The molecule has 0 radical (unpaired) electrons. The summed E-state index contributed by atoms with van der Waals surface area (Å²) in [5.74, 6) is -1.19. The molecular formula is C18H14F2N2O2S. The van der Waals surface area contributed by atoms with Crippen molar-refractivity contribution in [3.05, 3.63) is 64.5 Å². The molecule has 0 bridgehead atoms. The van der Waals surface area contributed by atoms with E-state index in [-0.39, 0.29) is 22.3 Å². The van der Waals surface area contributed by atoms with E-state index in [0.29, 0.717) is 11.3 Å². The highest BCUT2D eigenvalue weighted by atomic mass is 32.1. The van der Waals surface area contributed by atoms with E-state index in [1.54, 1.807) is 18.2 Å². The van der Waals surface area contributed by atoms with Crippen LogP contribution in [0.3, 0.4) is 0 Å². The summed E-state index contributed by atoms with van der Waals surface area (Å²) in [5.41, 5.74) is 1.23. The lowest BCUT2D eigenvalue weighted by Crippen LogP contribution is -2.12. The monoisotopic (exact) mass is 360 g/mol. The topological polar surface area (TPSA) is 51.2 Å². The molecule has 25 heavy (non-hydrogen) atoms. The maximum atomic E-state index is 13.8. The van der Waals surface area contributed by atoms with Gasteiger partial charge < -0.3 is 4.74 Å². The third-order valence-corrected chi connectivity index (χ3v) is 4.37. The fourth-order valence-corrected chi connectivity index (χ4v) is 3.02. The number of halogens is 2. The largest absolute Gasteiger partial charge is 0.496 e. The average molecular weight is 360 g/mol. The minimum absolute atomic E-state index is 0.136. The zero-order valence-electron chi connectivity index (χ0n) is 13.5. The van der Waals surface area contributed by atoms with Gasteiger partial charge in [-0.3, -0.25) is 10.1 Å². The lowest BCUT2D eigenvalue weighted by Gasteiger charge is -2.07. The Kier molecular flexibility index (Phi) is 4.76. The first-order chi connectivity index (χ1) is 12.0. The van der Waals surface area contributed by atoms with E-state index in [1.165, 1.54) is 18.6 Å². The maximum absolute atomic E-state index is 13.8. The van der Waals surface area contributed by atoms with Crippen molar-refractivity contribution >= 4 is 22.4 Å². The van der Waals surface area contributed by atoms with E-state index >= 15 is 0 Å². The third kappa shape index (κ3) is 3.51. The number of hydrogen-bond acceptors (Lipinski definition) is 4. The quantitative estimate of drug-likeness (QED) is 0.736. The van der Waals surface area contributed by atoms with Gasteiger partial charge in [-0.15, -0.1) is 11.3 Å². The number of carbonyl (C=O) groups is 1. The Hall–Kier alpha value is -2.80. The second kappa shape index (κ2) is 6.98. The first-order valence-corrected chi connectivity index (χ1v) is 8.23. The number of methoxy groups -OCH3 is 1. The average Bonchev–Trinajstić information content (AvgIpc) is 3.03. The fraction of sp³-hybridized carbons (Fsp3) is 0.111. The van der Waals surface area contributed by atoms with E-state index < -0.39 is 11.6 Å². The van der Waals surface area contributed by atoms with Crippen LogP contribution >= 0.6 is 11.3 Å². The van der Waals surface area contributed by atoms with Crippen molar-refractivity contribution in [1.29, 1.82) is 0 Å².